The van der Waals surface area contributed by atoms with Gasteiger partial charge in [0.25, 0.3) is 0 Å². The molecule has 0 aromatic heterocycles. The molecular weight excluding hydrogens is 452 g/mol. The van der Waals surface area contributed by atoms with Crippen molar-refractivity contribution in [1.29, 1.82) is 0 Å². The monoisotopic (exact) mass is 478 g/mol. The highest BCUT2D eigenvalue weighted by atomic mass is 32.2. The Morgan fingerprint density at radius 3 is 2.59 bits per heavy atom. The van der Waals surface area contributed by atoms with Crippen molar-refractivity contribution in [2.75, 3.05) is 13.7 Å². The molecule has 0 spiro atoms. The number of aromatic hydroxyl groups is 1. The average Bonchev–Trinajstić information content (AvgIpc) is 3.24. The van der Waals surface area contributed by atoms with Crippen LogP contribution in [0.15, 0.2) is 75.9 Å². The van der Waals surface area contributed by atoms with Crippen molar-refractivity contribution in [1.82, 2.24) is 4.90 Å². The third-order valence-corrected chi connectivity index (χ3v) is 6.64. The smallest absolute Gasteiger partial charge is 0.341 e. The second kappa shape index (κ2) is 10.2. The SMILES string of the molecule is CCOC(=O)C1=C(C)N=C2SC=C(CCc3ccccc3)N2C1c1ccc(O)c(C(=O)OC)c1. The number of phenolic OH excluding ortho intramolecular Hbond substituents is 1. The average molecular weight is 479 g/mol. The zero-order chi connectivity index (χ0) is 24.2. The Balaban J connectivity index is 1.77. The van der Waals surface area contributed by atoms with Crippen LogP contribution < -0.4 is 0 Å². The van der Waals surface area contributed by atoms with Gasteiger partial charge in [-0.25, -0.2) is 14.6 Å². The van der Waals surface area contributed by atoms with Crippen molar-refractivity contribution in [3.05, 3.63) is 87.6 Å². The topological polar surface area (TPSA) is 88.4 Å². The second-order valence-electron chi connectivity index (χ2n) is 7.87. The van der Waals surface area contributed by atoms with Crippen molar-refractivity contribution in [2.45, 2.75) is 32.7 Å². The van der Waals surface area contributed by atoms with Gasteiger partial charge < -0.3 is 19.5 Å². The molecule has 2 aromatic carbocycles. The van der Waals surface area contributed by atoms with Crippen LogP contribution >= 0.6 is 11.8 Å². The third kappa shape index (κ3) is 4.59. The van der Waals surface area contributed by atoms with Gasteiger partial charge in [-0.2, -0.15) is 0 Å². The number of amidine groups is 1. The van der Waals surface area contributed by atoms with Crippen molar-refractivity contribution in [2.24, 2.45) is 4.99 Å². The van der Waals surface area contributed by atoms with Crippen LogP contribution in [0.3, 0.4) is 0 Å². The molecule has 34 heavy (non-hydrogen) atoms. The molecule has 0 fully saturated rings. The van der Waals surface area contributed by atoms with Crippen LogP contribution in [-0.2, 0) is 20.7 Å². The lowest BCUT2D eigenvalue weighted by Gasteiger charge is -2.36. The van der Waals surface area contributed by atoms with E-state index >= 15 is 0 Å². The predicted octanol–water partition coefficient (Wildman–Crippen LogP) is 4.95. The maximum atomic E-state index is 13.1. The van der Waals surface area contributed by atoms with Crippen LogP contribution in [0.25, 0.3) is 0 Å². The Bertz CT molecular complexity index is 1200. The highest BCUT2D eigenvalue weighted by Gasteiger charge is 2.41. The lowest BCUT2D eigenvalue weighted by molar-refractivity contribution is -0.139. The normalized spacial score (nSPS) is 17.1. The van der Waals surface area contributed by atoms with E-state index < -0.39 is 18.0 Å². The molecule has 2 aromatic rings. The van der Waals surface area contributed by atoms with Crippen LogP contribution in [0.5, 0.6) is 5.75 Å². The van der Waals surface area contributed by atoms with Gasteiger partial charge in [0.05, 0.1) is 31.0 Å². The Kier molecular flexibility index (Phi) is 7.07. The Morgan fingerprint density at radius 1 is 1.12 bits per heavy atom. The fraction of sp³-hybridized carbons (Fsp3) is 0.269. The van der Waals surface area contributed by atoms with E-state index in [4.69, 9.17) is 14.5 Å². The lowest BCUT2D eigenvalue weighted by atomic mass is 9.92. The van der Waals surface area contributed by atoms with Gasteiger partial charge in [-0.3, -0.25) is 0 Å². The molecule has 1 atom stereocenters. The van der Waals surface area contributed by atoms with Crippen LogP contribution in [0.4, 0.5) is 0 Å². The molecule has 2 aliphatic heterocycles. The highest BCUT2D eigenvalue weighted by molar-refractivity contribution is 8.16. The highest BCUT2D eigenvalue weighted by Crippen LogP contribution is 2.45. The van der Waals surface area contributed by atoms with E-state index in [1.54, 1.807) is 26.0 Å². The number of carbonyl (C=O) groups is 2. The number of ether oxygens (including phenoxy) is 2. The van der Waals surface area contributed by atoms with Crippen molar-refractivity contribution in [3.63, 3.8) is 0 Å². The summed E-state index contributed by atoms with van der Waals surface area (Å²) >= 11 is 1.50. The van der Waals surface area contributed by atoms with Gasteiger partial charge >= 0.3 is 11.9 Å². The molecule has 176 valence electrons. The number of rotatable bonds is 7. The minimum atomic E-state index is -0.655. The summed E-state index contributed by atoms with van der Waals surface area (Å²) in [6, 6.07) is 14.3. The first-order valence-corrected chi connectivity index (χ1v) is 11.9. The van der Waals surface area contributed by atoms with Crippen molar-refractivity contribution < 1.29 is 24.2 Å². The number of allylic oxidation sites excluding steroid dienone is 2. The number of aryl methyl sites for hydroxylation is 1. The van der Waals surface area contributed by atoms with E-state index in [2.05, 4.69) is 17.5 Å². The molecule has 7 nitrogen and oxygen atoms in total. The van der Waals surface area contributed by atoms with Crippen LogP contribution in [-0.4, -0.2) is 40.8 Å². The first-order chi connectivity index (χ1) is 16.4. The number of esters is 2. The molecule has 8 heteroatoms. The first-order valence-electron chi connectivity index (χ1n) is 11.0. The zero-order valence-electron chi connectivity index (χ0n) is 19.3. The van der Waals surface area contributed by atoms with E-state index in [9.17, 15) is 14.7 Å². The first kappa shape index (κ1) is 23.6. The number of hydrogen-bond acceptors (Lipinski definition) is 8. The molecule has 0 amide bonds. The summed E-state index contributed by atoms with van der Waals surface area (Å²) in [5.74, 6) is -1.30. The number of aliphatic imine (C=N–C) groups is 1. The van der Waals surface area contributed by atoms with Crippen molar-refractivity contribution >= 4 is 28.9 Å². The minimum Gasteiger partial charge on any atom is -0.507 e. The number of carbonyl (C=O) groups excluding carboxylic acids is 2. The summed E-state index contributed by atoms with van der Waals surface area (Å²) in [4.78, 5) is 32.1. The van der Waals surface area contributed by atoms with Gasteiger partial charge in [0.1, 0.15) is 11.3 Å². The fourth-order valence-corrected chi connectivity index (χ4v) is 5.12. The summed E-state index contributed by atoms with van der Waals surface area (Å²) in [5, 5.41) is 13.0. The number of phenols is 1. The number of methoxy groups -OCH3 is 1. The van der Waals surface area contributed by atoms with Crippen molar-refractivity contribution in [3.8, 4) is 5.75 Å². The Labute approximate surface area is 202 Å². The Morgan fingerprint density at radius 2 is 1.88 bits per heavy atom. The summed E-state index contributed by atoms with van der Waals surface area (Å²) < 4.78 is 10.2. The molecular formula is C26H26N2O5S. The number of nitrogens with zero attached hydrogens (tertiary/aromatic N) is 2. The quantitative estimate of drug-likeness (QED) is 0.563. The largest absolute Gasteiger partial charge is 0.507 e. The predicted molar refractivity (Wildman–Crippen MR) is 131 cm³/mol. The summed E-state index contributed by atoms with van der Waals surface area (Å²) in [7, 11) is 1.26. The van der Waals surface area contributed by atoms with E-state index in [1.165, 1.54) is 30.5 Å². The van der Waals surface area contributed by atoms with Gasteiger partial charge in [0.15, 0.2) is 5.17 Å². The Hall–Kier alpha value is -3.52. The van der Waals surface area contributed by atoms with Crippen LogP contribution in [0.1, 0.15) is 47.8 Å². The van der Waals surface area contributed by atoms with E-state index in [0.29, 0.717) is 16.8 Å². The minimum absolute atomic E-state index is 0.0339. The summed E-state index contributed by atoms with van der Waals surface area (Å²) in [6.07, 6.45) is 1.56. The molecule has 0 saturated heterocycles. The molecule has 4 rings (SSSR count). The van der Waals surface area contributed by atoms with Gasteiger partial charge in [-0.1, -0.05) is 48.2 Å². The van der Waals surface area contributed by atoms with Crippen LogP contribution in [0, 0.1) is 0 Å². The summed E-state index contributed by atoms with van der Waals surface area (Å²) in [5.41, 5.74) is 3.88. The molecule has 2 heterocycles. The molecule has 0 bridgehead atoms. The number of benzene rings is 2. The van der Waals surface area contributed by atoms with Gasteiger partial charge in [-0.05, 0) is 55.4 Å². The van der Waals surface area contributed by atoms with Gasteiger partial charge in [0.2, 0.25) is 0 Å². The molecule has 0 aliphatic carbocycles. The van der Waals surface area contributed by atoms with Gasteiger partial charge in [-0.15, -0.1) is 0 Å². The maximum absolute atomic E-state index is 13.1. The number of thioether (sulfide) groups is 1. The molecule has 0 radical (unpaired) electrons. The zero-order valence-corrected chi connectivity index (χ0v) is 20.1. The molecule has 0 saturated carbocycles. The molecule has 1 unspecified atom stereocenters. The van der Waals surface area contributed by atoms with E-state index in [0.717, 1.165) is 23.7 Å². The molecule has 2 aliphatic rings. The summed E-state index contributed by atoms with van der Waals surface area (Å²) in [6.45, 7) is 3.77. The standard InChI is InChI=1S/C26H26N2O5S/c1-4-33-25(31)22-16(2)27-26-28(19(15-34-26)12-10-17-8-6-5-7-9-17)23(22)18-11-13-21(29)20(14-18)24(30)32-3/h5-9,11,13-15,23,29H,4,10,12H2,1-3H3. The number of hydrogen-bond donors (Lipinski definition) is 1. The third-order valence-electron chi connectivity index (χ3n) is 5.75. The second-order valence-corrected chi connectivity index (χ2v) is 8.70. The van der Waals surface area contributed by atoms with E-state index in [1.807, 2.05) is 23.1 Å². The molecule has 1 N–H and O–H groups in total. The lowest BCUT2D eigenvalue weighted by Crippen LogP contribution is -2.37. The maximum Gasteiger partial charge on any atom is 0.341 e. The fourth-order valence-electron chi connectivity index (χ4n) is 4.12. The number of fused-ring (bicyclic) bond motifs is 1. The van der Waals surface area contributed by atoms with Crippen LogP contribution in [0.2, 0.25) is 0 Å². The van der Waals surface area contributed by atoms with Gasteiger partial charge in [0, 0.05) is 5.70 Å². The van der Waals surface area contributed by atoms with E-state index in [-0.39, 0.29) is 17.9 Å².